The van der Waals surface area contributed by atoms with Crippen molar-refractivity contribution in [1.82, 2.24) is 18.7 Å². The molecule has 1 N–H and O–H groups in total. The second-order valence-electron chi connectivity index (χ2n) is 7.79. The van der Waals surface area contributed by atoms with E-state index in [1.54, 1.807) is 30.9 Å². The molecule has 0 radical (unpaired) electrons. The molecule has 180 valence electrons. The van der Waals surface area contributed by atoms with Crippen LogP contribution in [0, 0.1) is 10.1 Å². The van der Waals surface area contributed by atoms with Crippen LogP contribution in [0.5, 0.6) is 5.75 Å². The minimum Gasteiger partial charge on any atom is -0.497 e. The second-order valence-corrected chi connectivity index (χ2v) is 7.79. The molecule has 2 aromatic carbocycles. The van der Waals surface area contributed by atoms with Crippen molar-refractivity contribution in [1.29, 1.82) is 0 Å². The van der Waals surface area contributed by atoms with Crippen molar-refractivity contribution in [2.45, 2.75) is 13.0 Å². The Kier molecular flexibility index (Phi) is 6.44. The van der Waals surface area contributed by atoms with E-state index in [-0.39, 0.29) is 22.8 Å². The van der Waals surface area contributed by atoms with E-state index in [4.69, 9.17) is 4.74 Å². The Hall–Kier alpha value is -4.74. The maximum atomic E-state index is 13.0. The van der Waals surface area contributed by atoms with Crippen molar-refractivity contribution in [3.05, 3.63) is 90.6 Å². The third-order valence-electron chi connectivity index (χ3n) is 5.59. The standard InChI is InChI=1S/C23H23N7O5/c1-27-20-19(21(31)28(2)23(27)32)29(12-11-15-7-9-18(35-3)10-8-15)22(25-20)26-24-14-16-5-4-6-17(13-16)30(33)34/h4-10,13-14H,11-12H2,1-3H3,(H,25,26)/b24-14-. The van der Waals surface area contributed by atoms with Crippen LogP contribution < -0.4 is 21.4 Å². The van der Waals surface area contributed by atoms with Crippen LogP contribution in [-0.4, -0.2) is 36.9 Å². The number of nitro benzene ring substituents is 1. The van der Waals surface area contributed by atoms with Gasteiger partial charge >= 0.3 is 5.69 Å². The van der Waals surface area contributed by atoms with Crippen molar-refractivity contribution in [2.75, 3.05) is 12.5 Å². The van der Waals surface area contributed by atoms with E-state index >= 15 is 0 Å². The van der Waals surface area contributed by atoms with Gasteiger partial charge in [-0.1, -0.05) is 24.3 Å². The van der Waals surface area contributed by atoms with Gasteiger partial charge in [0.2, 0.25) is 5.95 Å². The smallest absolute Gasteiger partial charge is 0.332 e. The molecule has 12 heteroatoms. The minimum absolute atomic E-state index is 0.0563. The number of aromatic nitrogens is 4. The number of nitro groups is 1. The van der Waals surface area contributed by atoms with E-state index in [2.05, 4.69) is 15.5 Å². The van der Waals surface area contributed by atoms with Crippen molar-refractivity contribution in [3.8, 4) is 5.75 Å². The van der Waals surface area contributed by atoms with Gasteiger partial charge in [-0.3, -0.25) is 24.0 Å². The van der Waals surface area contributed by atoms with Gasteiger partial charge in [0.25, 0.3) is 11.2 Å². The van der Waals surface area contributed by atoms with Gasteiger partial charge in [0.05, 0.1) is 18.2 Å². The molecule has 0 spiro atoms. The van der Waals surface area contributed by atoms with Crippen molar-refractivity contribution >= 4 is 29.0 Å². The van der Waals surface area contributed by atoms with Crippen LogP contribution in [0.4, 0.5) is 11.6 Å². The van der Waals surface area contributed by atoms with Gasteiger partial charge in [0.15, 0.2) is 11.2 Å². The van der Waals surface area contributed by atoms with Gasteiger partial charge in [-0.05, 0) is 24.1 Å². The zero-order valence-electron chi connectivity index (χ0n) is 19.3. The summed E-state index contributed by atoms with van der Waals surface area (Å²) in [6.07, 6.45) is 1.99. The minimum atomic E-state index is -0.492. The molecule has 0 aliphatic carbocycles. The molecular weight excluding hydrogens is 454 g/mol. The Morgan fingerprint density at radius 2 is 1.89 bits per heavy atom. The first-order valence-corrected chi connectivity index (χ1v) is 10.6. The highest BCUT2D eigenvalue weighted by atomic mass is 16.6. The van der Waals surface area contributed by atoms with Crippen LogP contribution in [0.25, 0.3) is 11.2 Å². The predicted molar refractivity (Wildman–Crippen MR) is 131 cm³/mol. The molecule has 0 atom stereocenters. The number of fused-ring (bicyclic) bond motifs is 1. The fourth-order valence-corrected chi connectivity index (χ4v) is 3.67. The molecule has 0 saturated heterocycles. The number of hydrogen-bond acceptors (Lipinski definition) is 8. The van der Waals surface area contributed by atoms with Crippen LogP contribution >= 0.6 is 0 Å². The topological polar surface area (TPSA) is 139 Å². The number of nitrogens with one attached hydrogen (secondary N) is 1. The summed E-state index contributed by atoms with van der Waals surface area (Å²) in [4.78, 5) is 40.3. The first-order chi connectivity index (χ1) is 16.8. The number of aryl methyl sites for hydroxylation is 3. The van der Waals surface area contributed by atoms with E-state index < -0.39 is 16.2 Å². The largest absolute Gasteiger partial charge is 0.497 e. The molecule has 2 aromatic heterocycles. The number of non-ortho nitro benzene ring substituents is 1. The number of rotatable bonds is 8. The zero-order chi connectivity index (χ0) is 25.1. The number of methoxy groups -OCH3 is 1. The molecule has 0 unspecified atom stereocenters. The van der Waals surface area contributed by atoms with Crippen LogP contribution in [0.3, 0.4) is 0 Å². The number of hydrogen-bond donors (Lipinski definition) is 1. The van der Waals surface area contributed by atoms with E-state index in [1.807, 2.05) is 24.3 Å². The SMILES string of the molecule is COc1ccc(CCn2c(N/N=C\c3cccc([N+](=O)[O-])c3)nc3c2c(=O)n(C)c(=O)n3C)cc1. The summed E-state index contributed by atoms with van der Waals surface area (Å²) in [6.45, 7) is 0.380. The summed E-state index contributed by atoms with van der Waals surface area (Å²) >= 11 is 0. The molecule has 35 heavy (non-hydrogen) atoms. The Balaban J connectivity index is 1.71. The van der Waals surface area contributed by atoms with Gasteiger partial charge in [0, 0.05) is 38.3 Å². The third-order valence-corrected chi connectivity index (χ3v) is 5.59. The van der Waals surface area contributed by atoms with E-state index in [0.29, 0.717) is 18.5 Å². The summed E-state index contributed by atoms with van der Waals surface area (Å²) in [7, 11) is 4.55. The van der Waals surface area contributed by atoms with Gasteiger partial charge < -0.3 is 9.30 Å². The van der Waals surface area contributed by atoms with Gasteiger partial charge in [0.1, 0.15) is 5.75 Å². The number of ether oxygens (including phenoxy) is 1. The predicted octanol–water partition coefficient (Wildman–Crippen LogP) is 2.04. The highest BCUT2D eigenvalue weighted by Crippen LogP contribution is 2.18. The zero-order valence-corrected chi connectivity index (χ0v) is 19.3. The number of nitrogens with zero attached hydrogens (tertiary/aromatic N) is 6. The summed E-state index contributed by atoms with van der Waals surface area (Å²) in [6, 6.07) is 13.6. The van der Waals surface area contributed by atoms with E-state index in [1.165, 1.54) is 30.0 Å². The van der Waals surface area contributed by atoms with Crippen LogP contribution in [-0.2, 0) is 27.1 Å². The summed E-state index contributed by atoms with van der Waals surface area (Å²) in [5.41, 5.74) is 3.80. The molecule has 4 rings (SSSR count). The monoisotopic (exact) mass is 477 g/mol. The highest BCUT2D eigenvalue weighted by Gasteiger charge is 2.19. The third kappa shape index (κ3) is 4.67. The van der Waals surface area contributed by atoms with E-state index in [9.17, 15) is 19.7 Å². The average Bonchev–Trinajstić information content (AvgIpc) is 3.23. The Labute approximate surface area is 198 Å². The maximum Gasteiger partial charge on any atom is 0.332 e. The summed E-state index contributed by atoms with van der Waals surface area (Å²) in [5, 5.41) is 15.2. The summed E-state index contributed by atoms with van der Waals surface area (Å²) in [5.74, 6) is 0.997. The van der Waals surface area contributed by atoms with Crippen LogP contribution in [0.1, 0.15) is 11.1 Å². The lowest BCUT2D eigenvalue weighted by Gasteiger charge is -2.10. The lowest BCUT2D eigenvalue weighted by atomic mass is 10.1. The van der Waals surface area contributed by atoms with Crippen molar-refractivity contribution < 1.29 is 9.66 Å². The quantitative estimate of drug-likeness (QED) is 0.233. The lowest BCUT2D eigenvalue weighted by molar-refractivity contribution is -0.384. The molecule has 2 heterocycles. The molecule has 0 saturated carbocycles. The van der Waals surface area contributed by atoms with Gasteiger partial charge in [-0.25, -0.2) is 10.2 Å². The summed E-state index contributed by atoms with van der Waals surface area (Å²) < 4.78 is 9.20. The van der Waals surface area contributed by atoms with Crippen LogP contribution in [0.2, 0.25) is 0 Å². The van der Waals surface area contributed by atoms with Crippen molar-refractivity contribution in [2.24, 2.45) is 19.2 Å². The molecule has 4 aromatic rings. The fraction of sp³-hybridized carbons (Fsp3) is 0.217. The molecule has 0 bridgehead atoms. The Bertz CT molecular complexity index is 1550. The highest BCUT2D eigenvalue weighted by molar-refractivity contribution is 5.81. The number of hydrazone groups is 1. The average molecular weight is 477 g/mol. The molecule has 0 aliphatic heterocycles. The molecule has 12 nitrogen and oxygen atoms in total. The first-order valence-electron chi connectivity index (χ1n) is 10.6. The number of benzene rings is 2. The van der Waals surface area contributed by atoms with Gasteiger partial charge in [-0.15, -0.1) is 0 Å². The molecule has 0 fully saturated rings. The maximum absolute atomic E-state index is 13.0. The normalized spacial score (nSPS) is 11.3. The van der Waals surface area contributed by atoms with E-state index in [0.717, 1.165) is 15.9 Å². The van der Waals surface area contributed by atoms with Crippen molar-refractivity contribution in [3.63, 3.8) is 0 Å². The molecule has 0 aliphatic rings. The number of imidazole rings is 1. The molecule has 0 amide bonds. The van der Waals surface area contributed by atoms with Gasteiger partial charge in [-0.2, -0.15) is 10.1 Å². The number of anilines is 1. The lowest BCUT2D eigenvalue weighted by Crippen LogP contribution is -2.37. The molecular formula is C23H23N7O5. The second kappa shape index (κ2) is 9.63. The first kappa shape index (κ1) is 23.4. The fourth-order valence-electron chi connectivity index (χ4n) is 3.67. The van der Waals surface area contributed by atoms with Crippen LogP contribution in [0.15, 0.2) is 63.2 Å². The Morgan fingerprint density at radius 1 is 1.14 bits per heavy atom. The Morgan fingerprint density at radius 3 is 2.57 bits per heavy atom.